The standard InChI is InChI=1S/C11H12F5N/c1-7(17-2)10(12,13)8-5-3-4-6-9(8)11(14,15)16/h3-7,17H,1-2H3. The Kier molecular flexibility index (Phi) is 3.76. The second-order valence-electron chi connectivity index (χ2n) is 3.68. The third kappa shape index (κ3) is 2.74. The van der Waals surface area contributed by atoms with Gasteiger partial charge >= 0.3 is 6.18 Å². The van der Waals surface area contributed by atoms with Crippen LogP contribution in [-0.2, 0) is 12.1 Å². The Labute approximate surface area is 95.6 Å². The fraction of sp³-hybridized carbons (Fsp3) is 0.455. The van der Waals surface area contributed by atoms with Crippen molar-refractivity contribution in [1.29, 1.82) is 0 Å². The highest BCUT2D eigenvalue weighted by molar-refractivity contribution is 5.34. The quantitative estimate of drug-likeness (QED) is 0.814. The molecule has 1 rings (SSSR count). The van der Waals surface area contributed by atoms with E-state index in [2.05, 4.69) is 5.32 Å². The van der Waals surface area contributed by atoms with Crippen molar-refractivity contribution in [3.63, 3.8) is 0 Å². The predicted octanol–water partition coefficient (Wildman–Crippen LogP) is 3.41. The van der Waals surface area contributed by atoms with Crippen LogP contribution in [0.3, 0.4) is 0 Å². The van der Waals surface area contributed by atoms with Gasteiger partial charge in [0.25, 0.3) is 5.92 Å². The highest BCUT2D eigenvalue weighted by Crippen LogP contribution is 2.40. The molecule has 0 aromatic heterocycles. The van der Waals surface area contributed by atoms with Gasteiger partial charge in [0.2, 0.25) is 0 Å². The van der Waals surface area contributed by atoms with Gasteiger partial charge in [-0.2, -0.15) is 22.0 Å². The van der Waals surface area contributed by atoms with E-state index in [1.54, 1.807) is 0 Å². The van der Waals surface area contributed by atoms with Gasteiger partial charge in [-0.15, -0.1) is 0 Å². The van der Waals surface area contributed by atoms with Crippen LogP contribution in [0.5, 0.6) is 0 Å². The molecule has 17 heavy (non-hydrogen) atoms. The lowest BCUT2D eigenvalue weighted by Crippen LogP contribution is -2.39. The molecule has 0 aliphatic carbocycles. The molecule has 0 aliphatic rings. The summed E-state index contributed by atoms with van der Waals surface area (Å²) in [7, 11) is 1.27. The molecule has 0 radical (unpaired) electrons. The molecule has 1 aromatic rings. The molecule has 1 atom stereocenters. The lowest BCUT2D eigenvalue weighted by Gasteiger charge is -2.26. The summed E-state index contributed by atoms with van der Waals surface area (Å²) in [6.45, 7) is 1.13. The number of hydrogen-bond acceptors (Lipinski definition) is 1. The molecule has 1 aromatic carbocycles. The lowest BCUT2D eigenvalue weighted by molar-refractivity contribution is -0.143. The molecule has 0 saturated heterocycles. The molecule has 0 heterocycles. The first-order valence-electron chi connectivity index (χ1n) is 4.93. The molecule has 0 aliphatic heterocycles. The van der Waals surface area contributed by atoms with Gasteiger partial charge in [-0.3, -0.25) is 0 Å². The van der Waals surface area contributed by atoms with E-state index in [1.165, 1.54) is 13.1 Å². The van der Waals surface area contributed by atoms with Crippen LogP contribution in [0.1, 0.15) is 18.1 Å². The van der Waals surface area contributed by atoms with Gasteiger partial charge in [0.15, 0.2) is 0 Å². The number of halogens is 5. The minimum atomic E-state index is -4.78. The summed E-state index contributed by atoms with van der Waals surface area (Å²) >= 11 is 0. The predicted molar refractivity (Wildman–Crippen MR) is 53.9 cm³/mol. The van der Waals surface area contributed by atoms with E-state index in [4.69, 9.17) is 0 Å². The number of likely N-dealkylation sites (N-methyl/N-ethyl adjacent to an activating group) is 1. The van der Waals surface area contributed by atoms with E-state index < -0.39 is 29.3 Å². The third-order valence-corrected chi connectivity index (χ3v) is 2.57. The first kappa shape index (κ1) is 13.9. The normalized spacial score (nSPS) is 14.8. The van der Waals surface area contributed by atoms with Crippen molar-refractivity contribution in [3.8, 4) is 0 Å². The second-order valence-corrected chi connectivity index (χ2v) is 3.68. The van der Waals surface area contributed by atoms with E-state index >= 15 is 0 Å². The second kappa shape index (κ2) is 4.60. The van der Waals surface area contributed by atoms with Crippen molar-refractivity contribution in [2.24, 2.45) is 0 Å². The Morgan fingerprint density at radius 1 is 1.00 bits per heavy atom. The summed E-state index contributed by atoms with van der Waals surface area (Å²) < 4.78 is 65.3. The van der Waals surface area contributed by atoms with Crippen LogP contribution in [0.25, 0.3) is 0 Å². The zero-order valence-corrected chi connectivity index (χ0v) is 9.28. The third-order valence-electron chi connectivity index (χ3n) is 2.57. The van der Waals surface area contributed by atoms with Crippen molar-refractivity contribution in [2.45, 2.75) is 25.1 Å². The lowest BCUT2D eigenvalue weighted by atomic mass is 9.96. The van der Waals surface area contributed by atoms with Gasteiger partial charge in [0, 0.05) is 5.56 Å². The fourth-order valence-electron chi connectivity index (χ4n) is 1.44. The largest absolute Gasteiger partial charge is 0.416 e. The van der Waals surface area contributed by atoms with Crippen LogP contribution in [0.2, 0.25) is 0 Å². The first-order valence-corrected chi connectivity index (χ1v) is 4.93. The topological polar surface area (TPSA) is 12.0 Å². The van der Waals surface area contributed by atoms with Crippen molar-refractivity contribution in [3.05, 3.63) is 35.4 Å². The molecule has 96 valence electrons. The van der Waals surface area contributed by atoms with Crippen LogP contribution >= 0.6 is 0 Å². The average Bonchev–Trinajstić information content (AvgIpc) is 2.26. The summed E-state index contributed by atoms with van der Waals surface area (Å²) in [6.07, 6.45) is -4.78. The molecule has 0 fully saturated rings. The van der Waals surface area contributed by atoms with Crippen molar-refractivity contribution in [1.82, 2.24) is 5.32 Å². The van der Waals surface area contributed by atoms with E-state index in [1.807, 2.05) is 0 Å². The molecular weight excluding hydrogens is 241 g/mol. The first-order chi connectivity index (χ1) is 7.71. The summed E-state index contributed by atoms with van der Waals surface area (Å²) in [6, 6.07) is 2.33. The Balaban J connectivity index is 3.32. The molecule has 0 bridgehead atoms. The summed E-state index contributed by atoms with van der Waals surface area (Å²) in [5.41, 5.74) is -2.30. The minimum Gasteiger partial charge on any atom is -0.312 e. The smallest absolute Gasteiger partial charge is 0.312 e. The zero-order valence-electron chi connectivity index (χ0n) is 9.28. The molecule has 1 unspecified atom stereocenters. The van der Waals surface area contributed by atoms with Crippen LogP contribution in [0, 0.1) is 0 Å². The average molecular weight is 253 g/mol. The highest BCUT2D eigenvalue weighted by atomic mass is 19.4. The highest BCUT2D eigenvalue weighted by Gasteiger charge is 2.45. The molecule has 0 saturated carbocycles. The van der Waals surface area contributed by atoms with Crippen molar-refractivity contribution < 1.29 is 22.0 Å². The van der Waals surface area contributed by atoms with Gasteiger partial charge in [0.1, 0.15) is 0 Å². The summed E-state index contributed by atoms with van der Waals surface area (Å²) in [4.78, 5) is 0. The van der Waals surface area contributed by atoms with Gasteiger partial charge < -0.3 is 5.32 Å². The van der Waals surface area contributed by atoms with Crippen LogP contribution in [0.15, 0.2) is 24.3 Å². The Morgan fingerprint density at radius 2 is 1.47 bits per heavy atom. The monoisotopic (exact) mass is 253 g/mol. The number of alkyl halides is 5. The summed E-state index contributed by atoms with van der Waals surface area (Å²) in [5.74, 6) is -3.58. The minimum absolute atomic E-state index is 0.658. The van der Waals surface area contributed by atoms with Gasteiger partial charge in [-0.1, -0.05) is 18.2 Å². The maximum atomic E-state index is 13.8. The van der Waals surface area contributed by atoms with Gasteiger partial charge in [-0.25, -0.2) is 0 Å². The molecule has 1 N–H and O–H groups in total. The number of hydrogen-bond donors (Lipinski definition) is 1. The number of benzene rings is 1. The molecule has 0 amide bonds. The van der Waals surface area contributed by atoms with E-state index in [9.17, 15) is 22.0 Å². The van der Waals surface area contributed by atoms with E-state index in [0.717, 1.165) is 19.1 Å². The number of rotatable bonds is 3. The zero-order chi connectivity index (χ0) is 13.3. The molecular formula is C11H12F5N. The molecule has 1 nitrogen and oxygen atoms in total. The Bertz CT molecular complexity index is 386. The van der Waals surface area contributed by atoms with Crippen LogP contribution in [0.4, 0.5) is 22.0 Å². The SMILES string of the molecule is CNC(C)C(F)(F)c1ccccc1C(F)(F)F. The summed E-state index contributed by atoms with van der Waals surface area (Å²) in [5, 5.41) is 2.26. The molecule has 6 heteroatoms. The Morgan fingerprint density at radius 3 is 1.88 bits per heavy atom. The van der Waals surface area contributed by atoms with Crippen molar-refractivity contribution >= 4 is 0 Å². The van der Waals surface area contributed by atoms with E-state index in [-0.39, 0.29) is 0 Å². The number of nitrogens with one attached hydrogen (secondary N) is 1. The van der Waals surface area contributed by atoms with Crippen molar-refractivity contribution in [2.75, 3.05) is 7.05 Å². The molecule has 0 spiro atoms. The van der Waals surface area contributed by atoms with Gasteiger partial charge in [0.05, 0.1) is 11.6 Å². The van der Waals surface area contributed by atoms with Crippen LogP contribution < -0.4 is 5.32 Å². The fourth-order valence-corrected chi connectivity index (χ4v) is 1.44. The Hall–Kier alpha value is -1.17. The van der Waals surface area contributed by atoms with Gasteiger partial charge in [-0.05, 0) is 20.0 Å². The van der Waals surface area contributed by atoms with Crippen LogP contribution in [-0.4, -0.2) is 13.1 Å². The van der Waals surface area contributed by atoms with E-state index in [0.29, 0.717) is 6.07 Å². The maximum absolute atomic E-state index is 13.8. The maximum Gasteiger partial charge on any atom is 0.416 e.